The highest BCUT2D eigenvalue weighted by molar-refractivity contribution is 5.93. The highest BCUT2D eigenvalue weighted by atomic mass is 16.5. The van der Waals surface area contributed by atoms with Gasteiger partial charge in [-0.2, -0.15) is 5.11 Å². The third kappa shape index (κ3) is 5.17. The van der Waals surface area contributed by atoms with Gasteiger partial charge in [-0.05, 0) is 61.9 Å². The lowest BCUT2D eigenvalue weighted by atomic mass is 10.0. The Balaban J connectivity index is 1.91. The van der Waals surface area contributed by atoms with Crippen molar-refractivity contribution in [2.75, 3.05) is 13.2 Å². The van der Waals surface area contributed by atoms with E-state index < -0.39 is 0 Å². The number of carbonyl (C=O) groups is 2. The Kier molecular flexibility index (Phi) is 7.05. The Morgan fingerprint density at radius 1 is 0.733 bits per heavy atom. The van der Waals surface area contributed by atoms with E-state index >= 15 is 0 Å². The van der Waals surface area contributed by atoms with Gasteiger partial charge in [0.1, 0.15) is 0 Å². The van der Waals surface area contributed by atoms with Crippen LogP contribution in [0.5, 0.6) is 0 Å². The summed E-state index contributed by atoms with van der Waals surface area (Å²) < 4.78 is 10.1. The van der Waals surface area contributed by atoms with Gasteiger partial charge in [-0.15, -0.1) is 5.11 Å². The zero-order chi connectivity index (χ0) is 21.3. The third-order valence-electron chi connectivity index (χ3n) is 4.24. The molecule has 0 radical (unpaired) electrons. The Labute approximate surface area is 175 Å². The van der Waals surface area contributed by atoms with Crippen molar-refractivity contribution in [1.29, 1.82) is 0 Å². The predicted molar refractivity (Wildman–Crippen MR) is 114 cm³/mol. The molecular weight excluding hydrogens is 380 g/mol. The number of nitrogens with zero attached hydrogens (tertiary/aromatic N) is 2. The highest BCUT2D eigenvalue weighted by Gasteiger charge is 2.12. The van der Waals surface area contributed by atoms with Gasteiger partial charge in [0.25, 0.3) is 0 Å². The van der Waals surface area contributed by atoms with Crippen molar-refractivity contribution < 1.29 is 19.1 Å². The Hall–Kier alpha value is -3.80. The molecule has 30 heavy (non-hydrogen) atoms. The van der Waals surface area contributed by atoms with Crippen LogP contribution >= 0.6 is 0 Å². The molecule has 3 rings (SSSR count). The molecule has 0 aliphatic rings. The molecule has 0 fully saturated rings. The molecule has 0 bridgehead atoms. The number of benzene rings is 3. The van der Waals surface area contributed by atoms with Crippen molar-refractivity contribution in [1.82, 2.24) is 0 Å². The summed E-state index contributed by atoms with van der Waals surface area (Å²) in [5.41, 5.74) is 3.80. The predicted octanol–water partition coefficient (Wildman–Crippen LogP) is 6.12. The summed E-state index contributed by atoms with van der Waals surface area (Å²) in [6, 6.07) is 21.5. The van der Waals surface area contributed by atoms with E-state index in [1.54, 1.807) is 56.3 Å². The van der Waals surface area contributed by atoms with Gasteiger partial charge >= 0.3 is 11.9 Å². The summed E-state index contributed by atoms with van der Waals surface area (Å²) in [6.07, 6.45) is 0. The maximum absolute atomic E-state index is 12.1. The first-order chi connectivity index (χ1) is 14.6. The molecule has 0 spiro atoms. The molecule has 3 aromatic rings. The van der Waals surface area contributed by atoms with E-state index in [0.29, 0.717) is 35.7 Å². The van der Waals surface area contributed by atoms with E-state index in [9.17, 15) is 9.59 Å². The summed E-state index contributed by atoms with van der Waals surface area (Å²) in [7, 11) is 0. The number of ether oxygens (including phenoxy) is 2. The second kappa shape index (κ2) is 10.1. The lowest BCUT2D eigenvalue weighted by molar-refractivity contribution is 0.0517. The lowest BCUT2D eigenvalue weighted by Crippen LogP contribution is -2.04. The smallest absolute Gasteiger partial charge is 0.338 e. The fourth-order valence-electron chi connectivity index (χ4n) is 2.80. The van der Waals surface area contributed by atoms with Gasteiger partial charge in [0.2, 0.25) is 0 Å². The highest BCUT2D eigenvalue weighted by Crippen LogP contribution is 2.32. The van der Waals surface area contributed by atoms with E-state index in [0.717, 1.165) is 11.1 Å². The molecule has 0 aromatic heterocycles. The van der Waals surface area contributed by atoms with Crippen molar-refractivity contribution in [3.63, 3.8) is 0 Å². The van der Waals surface area contributed by atoms with E-state index in [2.05, 4.69) is 10.2 Å². The molecule has 0 unspecified atom stereocenters. The molecule has 0 amide bonds. The molecule has 152 valence electrons. The minimum Gasteiger partial charge on any atom is -0.462 e. The minimum atomic E-state index is -0.382. The van der Waals surface area contributed by atoms with Crippen molar-refractivity contribution in [2.24, 2.45) is 10.2 Å². The number of esters is 2. The quantitative estimate of drug-likeness (QED) is 0.352. The van der Waals surface area contributed by atoms with Crippen LogP contribution in [0.4, 0.5) is 11.4 Å². The fraction of sp³-hybridized carbons (Fsp3) is 0.167. The molecule has 0 N–H and O–H groups in total. The molecule has 3 aromatic carbocycles. The van der Waals surface area contributed by atoms with E-state index in [1.807, 2.05) is 30.3 Å². The van der Waals surface area contributed by atoms with Crippen molar-refractivity contribution in [2.45, 2.75) is 13.8 Å². The van der Waals surface area contributed by atoms with Gasteiger partial charge < -0.3 is 9.47 Å². The van der Waals surface area contributed by atoms with Crippen molar-refractivity contribution in [3.8, 4) is 11.1 Å². The summed E-state index contributed by atoms with van der Waals surface area (Å²) in [6.45, 7) is 4.16. The van der Waals surface area contributed by atoms with Gasteiger partial charge in [-0.1, -0.05) is 30.3 Å². The first-order valence-corrected chi connectivity index (χ1v) is 9.68. The van der Waals surface area contributed by atoms with Crippen LogP contribution in [0.2, 0.25) is 0 Å². The summed E-state index contributed by atoms with van der Waals surface area (Å²) in [5.74, 6) is -0.755. The Morgan fingerprint density at radius 2 is 1.33 bits per heavy atom. The van der Waals surface area contributed by atoms with Gasteiger partial charge in [-0.3, -0.25) is 0 Å². The molecule has 0 aliphatic carbocycles. The van der Waals surface area contributed by atoms with Crippen LogP contribution in [0, 0.1) is 0 Å². The molecule has 0 heterocycles. The Morgan fingerprint density at radius 3 is 1.97 bits per heavy atom. The van der Waals surface area contributed by atoms with Crippen LogP contribution in [-0.4, -0.2) is 25.2 Å². The van der Waals surface area contributed by atoms with Crippen LogP contribution < -0.4 is 0 Å². The minimum absolute atomic E-state index is 0.308. The third-order valence-corrected chi connectivity index (χ3v) is 4.24. The number of carbonyl (C=O) groups excluding carboxylic acids is 2. The van der Waals surface area contributed by atoms with Gasteiger partial charge in [0.15, 0.2) is 0 Å². The molecular formula is C24H22N2O4. The second-order valence-corrected chi connectivity index (χ2v) is 6.29. The van der Waals surface area contributed by atoms with E-state index in [1.165, 1.54) is 0 Å². The van der Waals surface area contributed by atoms with Crippen LogP contribution in [0.3, 0.4) is 0 Å². The van der Waals surface area contributed by atoms with Crippen molar-refractivity contribution in [3.05, 3.63) is 83.9 Å². The monoisotopic (exact) mass is 402 g/mol. The topological polar surface area (TPSA) is 77.3 Å². The average molecular weight is 402 g/mol. The second-order valence-electron chi connectivity index (χ2n) is 6.29. The van der Waals surface area contributed by atoms with E-state index in [4.69, 9.17) is 9.47 Å². The zero-order valence-corrected chi connectivity index (χ0v) is 16.9. The molecule has 0 saturated heterocycles. The molecule has 6 nitrogen and oxygen atoms in total. The zero-order valence-electron chi connectivity index (χ0n) is 16.9. The number of hydrogen-bond acceptors (Lipinski definition) is 6. The van der Waals surface area contributed by atoms with Crippen LogP contribution in [-0.2, 0) is 9.47 Å². The summed E-state index contributed by atoms with van der Waals surface area (Å²) >= 11 is 0. The first kappa shape index (κ1) is 20.9. The molecule has 0 aliphatic heterocycles. The standard InChI is InChI=1S/C24H22N2O4/c1-3-29-23(27)18-10-13-20(14-11-18)25-26-22-15-12-19(24(28)30-4-2)16-21(22)17-8-6-5-7-9-17/h5-16H,3-4H2,1-2H3. The van der Waals surface area contributed by atoms with E-state index in [-0.39, 0.29) is 11.9 Å². The number of azo groups is 1. The lowest BCUT2D eigenvalue weighted by Gasteiger charge is -2.08. The molecule has 6 heteroatoms. The molecule has 0 saturated carbocycles. The SMILES string of the molecule is CCOC(=O)c1ccc(N=Nc2ccc(C(=O)OCC)cc2-c2ccccc2)cc1. The molecule has 0 atom stereocenters. The van der Waals surface area contributed by atoms with Crippen LogP contribution in [0.1, 0.15) is 34.6 Å². The van der Waals surface area contributed by atoms with Gasteiger partial charge in [0.05, 0.1) is 35.7 Å². The van der Waals surface area contributed by atoms with Crippen molar-refractivity contribution >= 4 is 23.3 Å². The number of rotatable bonds is 7. The first-order valence-electron chi connectivity index (χ1n) is 9.68. The maximum Gasteiger partial charge on any atom is 0.338 e. The number of hydrogen-bond donors (Lipinski definition) is 0. The fourth-order valence-corrected chi connectivity index (χ4v) is 2.80. The van der Waals surface area contributed by atoms with Gasteiger partial charge in [0, 0.05) is 5.56 Å². The summed E-state index contributed by atoms with van der Waals surface area (Å²) in [5, 5.41) is 8.64. The summed E-state index contributed by atoms with van der Waals surface area (Å²) in [4.78, 5) is 23.9. The maximum atomic E-state index is 12.1. The Bertz CT molecular complexity index is 1040. The average Bonchev–Trinajstić information content (AvgIpc) is 2.79. The van der Waals surface area contributed by atoms with Gasteiger partial charge in [-0.25, -0.2) is 9.59 Å². The largest absolute Gasteiger partial charge is 0.462 e. The normalized spacial score (nSPS) is 10.7. The van der Waals surface area contributed by atoms with Crippen LogP contribution in [0.25, 0.3) is 11.1 Å². The van der Waals surface area contributed by atoms with Crippen LogP contribution in [0.15, 0.2) is 83.0 Å².